The van der Waals surface area contributed by atoms with Crippen LogP contribution >= 0.6 is 23.4 Å². The summed E-state index contributed by atoms with van der Waals surface area (Å²) in [6, 6.07) is 12.0. The van der Waals surface area contributed by atoms with Crippen molar-refractivity contribution >= 4 is 39.3 Å². The van der Waals surface area contributed by atoms with Gasteiger partial charge in [-0.2, -0.15) is 0 Å². The Morgan fingerprint density at radius 2 is 1.87 bits per heavy atom. The third-order valence-electron chi connectivity index (χ3n) is 5.24. The first-order chi connectivity index (χ1) is 14.8. The summed E-state index contributed by atoms with van der Waals surface area (Å²) in [5, 5.41) is 3.02. The normalized spacial score (nSPS) is 15.6. The fourth-order valence-electron chi connectivity index (χ4n) is 3.50. The number of thioether (sulfide) groups is 1. The van der Waals surface area contributed by atoms with Crippen LogP contribution in [0.15, 0.2) is 52.3 Å². The molecular formula is C22H27ClN2O4S2. The van der Waals surface area contributed by atoms with Gasteiger partial charge in [0.15, 0.2) is 6.61 Å². The van der Waals surface area contributed by atoms with Crippen molar-refractivity contribution < 1.29 is 17.9 Å². The third-order valence-corrected chi connectivity index (χ3v) is 7.80. The van der Waals surface area contributed by atoms with Crippen LogP contribution in [0.2, 0.25) is 5.02 Å². The zero-order valence-corrected chi connectivity index (χ0v) is 19.9. The standard InChI is InChI=1S/C22H27ClN2O4S2/c1-15(16-7-9-18(30-2)10-8-16)24-22(26)14-29-21-12-11-19(13-20(21)23)31(27,28)25-17-5-3-4-6-17/h7-13,15,17,25H,3-6,14H2,1-2H3,(H,24,26). The second kappa shape index (κ2) is 10.7. The first-order valence-electron chi connectivity index (χ1n) is 10.2. The van der Waals surface area contributed by atoms with Crippen LogP contribution in [0.3, 0.4) is 0 Å². The first-order valence-corrected chi connectivity index (χ1v) is 13.2. The van der Waals surface area contributed by atoms with Crippen molar-refractivity contribution in [3.05, 3.63) is 53.1 Å². The molecule has 1 amide bonds. The minimum atomic E-state index is -3.64. The number of ether oxygens (including phenoxy) is 1. The molecule has 0 heterocycles. The molecule has 3 rings (SSSR count). The molecule has 1 aliphatic carbocycles. The van der Waals surface area contributed by atoms with Crippen LogP contribution in [0, 0.1) is 0 Å². The Labute approximate surface area is 193 Å². The number of benzene rings is 2. The van der Waals surface area contributed by atoms with E-state index in [0.29, 0.717) is 0 Å². The Morgan fingerprint density at radius 1 is 1.19 bits per heavy atom. The highest BCUT2D eigenvalue weighted by Gasteiger charge is 2.23. The van der Waals surface area contributed by atoms with E-state index < -0.39 is 10.0 Å². The molecule has 1 aliphatic rings. The predicted molar refractivity (Wildman–Crippen MR) is 124 cm³/mol. The van der Waals surface area contributed by atoms with E-state index in [2.05, 4.69) is 10.0 Å². The maximum absolute atomic E-state index is 12.5. The molecule has 1 atom stereocenters. The SMILES string of the molecule is CSc1ccc(C(C)NC(=O)COc2ccc(S(=O)(=O)NC3CCCC3)cc2Cl)cc1. The summed E-state index contributed by atoms with van der Waals surface area (Å²) in [6.45, 7) is 1.68. The van der Waals surface area contributed by atoms with Gasteiger partial charge in [0, 0.05) is 10.9 Å². The van der Waals surface area contributed by atoms with Crippen LogP contribution in [-0.4, -0.2) is 33.2 Å². The zero-order valence-electron chi connectivity index (χ0n) is 17.6. The van der Waals surface area contributed by atoms with Crippen molar-refractivity contribution in [3.8, 4) is 5.75 Å². The maximum Gasteiger partial charge on any atom is 0.258 e. The molecule has 9 heteroatoms. The average Bonchev–Trinajstić information content (AvgIpc) is 3.25. The Morgan fingerprint density at radius 3 is 2.48 bits per heavy atom. The van der Waals surface area contributed by atoms with Gasteiger partial charge in [-0.3, -0.25) is 4.79 Å². The lowest BCUT2D eigenvalue weighted by molar-refractivity contribution is -0.123. The Balaban J connectivity index is 1.55. The van der Waals surface area contributed by atoms with Crippen molar-refractivity contribution in [2.45, 2.75) is 54.5 Å². The second-order valence-electron chi connectivity index (χ2n) is 7.55. The van der Waals surface area contributed by atoms with Gasteiger partial charge >= 0.3 is 0 Å². The lowest BCUT2D eigenvalue weighted by atomic mass is 10.1. The van der Waals surface area contributed by atoms with Crippen molar-refractivity contribution in [1.82, 2.24) is 10.0 Å². The van der Waals surface area contributed by atoms with Crippen LogP contribution in [0.1, 0.15) is 44.2 Å². The molecule has 6 nitrogen and oxygen atoms in total. The van der Waals surface area contributed by atoms with E-state index in [9.17, 15) is 13.2 Å². The lowest BCUT2D eigenvalue weighted by Gasteiger charge is -2.16. The average molecular weight is 483 g/mol. The Hall–Kier alpha value is -1.74. The van der Waals surface area contributed by atoms with Crippen molar-refractivity contribution in [2.75, 3.05) is 12.9 Å². The van der Waals surface area contributed by atoms with Crippen LogP contribution in [0.5, 0.6) is 5.75 Å². The van der Waals surface area contributed by atoms with Crippen molar-refractivity contribution in [1.29, 1.82) is 0 Å². The topological polar surface area (TPSA) is 84.5 Å². The van der Waals surface area contributed by atoms with Gasteiger partial charge < -0.3 is 10.1 Å². The summed E-state index contributed by atoms with van der Waals surface area (Å²) < 4.78 is 33.3. The van der Waals surface area contributed by atoms with E-state index in [1.165, 1.54) is 18.2 Å². The van der Waals surface area contributed by atoms with Crippen molar-refractivity contribution in [2.24, 2.45) is 0 Å². The van der Waals surface area contributed by atoms with Gasteiger partial charge in [0.2, 0.25) is 10.0 Å². The minimum absolute atomic E-state index is 0.0256. The Bertz CT molecular complexity index is 1010. The lowest BCUT2D eigenvalue weighted by Crippen LogP contribution is -2.32. The molecule has 0 aliphatic heterocycles. The fraction of sp³-hybridized carbons (Fsp3) is 0.409. The number of halogens is 1. The molecule has 1 fully saturated rings. The fourth-order valence-corrected chi connectivity index (χ4v) is 5.54. The van der Waals surface area contributed by atoms with Crippen LogP contribution < -0.4 is 14.8 Å². The highest BCUT2D eigenvalue weighted by molar-refractivity contribution is 7.98. The molecule has 2 N–H and O–H groups in total. The van der Waals surface area contributed by atoms with Crippen LogP contribution in [0.4, 0.5) is 0 Å². The van der Waals surface area contributed by atoms with Gasteiger partial charge in [0.05, 0.1) is 16.0 Å². The van der Waals surface area contributed by atoms with E-state index in [1.807, 2.05) is 37.4 Å². The quantitative estimate of drug-likeness (QED) is 0.512. The van der Waals surface area contributed by atoms with E-state index in [4.69, 9.17) is 16.3 Å². The summed E-state index contributed by atoms with van der Waals surface area (Å²) in [5.74, 6) is -0.0364. The molecule has 0 bridgehead atoms. The molecule has 31 heavy (non-hydrogen) atoms. The third kappa shape index (κ3) is 6.62. The summed E-state index contributed by atoms with van der Waals surface area (Å²) in [6.07, 6.45) is 5.78. The summed E-state index contributed by atoms with van der Waals surface area (Å²) >= 11 is 7.87. The van der Waals surface area contributed by atoms with Gasteiger partial charge in [-0.1, -0.05) is 36.6 Å². The number of nitrogens with one attached hydrogen (secondary N) is 2. The molecule has 0 saturated heterocycles. The van der Waals surface area contributed by atoms with E-state index in [1.54, 1.807) is 11.8 Å². The monoisotopic (exact) mass is 482 g/mol. The summed E-state index contributed by atoms with van der Waals surface area (Å²) in [7, 11) is -3.64. The predicted octanol–water partition coefficient (Wildman–Crippen LogP) is 4.54. The molecule has 2 aromatic rings. The molecule has 168 valence electrons. The van der Waals surface area contributed by atoms with Gasteiger partial charge in [-0.15, -0.1) is 11.8 Å². The largest absolute Gasteiger partial charge is 0.482 e. The number of rotatable bonds is 9. The van der Waals surface area contributed by atoms with E-state index >= 15 is 0 Å². The van der Waals surface area contributed by atoms with Crippen molar-refractivity contribution in [3.63, 3.8) is 0 Å². The molecule has 0 aromatic heterocycles. The molecule has 2 aromatic carbocycles. The molecule has 0 radical (unpaired) electrons. The van der Waals surface area contributed by atoms with E-state index in [0.717, 1.165) is 36.1 Å². The van der Waals surface area contributed by atoms with Gasteiger partial charge in [-0.05, 0) is 61.9 Å². The first kappa shape index (κ1) is 23.9. The van der Waals surface area contributed by atoms with Gasteiger partial charge in [-0.25, -0.2) is 13.1 Å². The molecular weight excluding hydrogens is 456 g/mol. The number of sulfonamides is 1. The number of amides is 1. The number of carbonyl (C=O) groups is 1. The number of hydrogen-bond acceptors (Lipinski definition) is 5. The molecule has 0 spiro atoms. The molecule has 1 saturated carbocycles. The van der Waals surface area contributed by atoms with Crippen LogP contribution in [0.25, 0.3) is 0 Å². The van der Waals surface area contributed by atoms with Gasteiger partial charge in [0.25, 0.3) is 5.91 Å². The summed E-state index contributed by atoms with van der Waals surface area (Å²) in [4.78, 5) is 13.5. The zero-order chi connectivity index (χ0) is 22.4. The van der Waals surface area contributed by atoms with Crippen LogP contribution in [-0.2, 0) is 14.8 Å². The van der Waals surface area contributed by atoms with E-state index in [-0.39, 0.29) is 40.3 Å². The Kier molecular flexibility index (Phi) is 8.27. The smallest absolute Gasteiger partial charge is 0.258 e. The summed E-state index contributed by atoms with van der Waals surface area (Å²) in [5.41, 5.74) is 0.994. The second-order valence-corrected chi connectivity index (χ2v) is 10.5. The number of carbonyl (C=O) groups excluding carboxylic acids is 1. The number of hydrogen-bond donors (Lipinski definition) is 2. The highest BCUT2D eigenvalue weighted by atomic mass is 35.5. The minimum Gasteiger partial charge on any atom is -0.482 e. The maximum atomic E-state index is 12.5. The molecule has 1 unspecified atom stereocenters. The van der Waals surface area contributed by atoms with Gasteiger partial charge in [0.1, 0.15) is 5.75 Å². The highest BCUT2D eigenvalue weighted by Crippen LogP contribution is 2.28.